The van der Waals surface area contributed by atoms with Crippen molar-refractivity contribution in [2.24, 2.45) is 5.92 Å². The van der Waals surface area contributed by atoms with E-state index in [-0.39, 0.29) is 24.3 Å². The number of anilines is 1. The molecule has 36 heavy (non-hydrogen) atoms. The van der Waals surface area contributed by atoms with E-state index in [1.807, 2.05) is 11.0 Å². The molecule has 2 amide bonds. The Balaban J connectivity index is 0.000000848. The number of aromatic nitrogens is 1. The molecule has 0 unspecified atom stereocenters. The number of carboxylic acid groups (broad SMARTS) is 1. The highest BCUT2D eigenvalue weighted by molar-refractivity contribution is 7.13. The molecule has 10 nitrogen and oxygen atoms in total. The van der Waals surface area contributed by atoms with E-state index in [4.69, 9.17) is 14.3 Å². The third-order valence-corrected chi connectivity index (χ3v) is 8.15. The number of amides is 2. The lowest BCUT2D eigenvalue weighted by atomic mass is 9.84. The first-order chi connectivity index (χ1) is 17.6. The molecule has 3 aromatic rings. The van der Waals surface area contributed by atoms with Crippen LogP contribution in [0.1, 0.15) is 33.7 Å². The zero-order valence-electron chi connectivity index (χ0n) is 19.8. The summed E-state index contributed by atoms with van der Waals surface area (Å²) >= 11 is 1.38. The van der Waals surface area contributed by atoms with Crippen LogP contribution in [0.2, 0.25) is 0 Å². The lowest BCUT2D eigenvalue weighted by Crippen LogP contribution is -2.57. The van der Waals surface area contributed by atoms with Gasteiger partial charge in [0.15, 0.2) is 0 Å². The molecular weight excluding hydrogens is 482 g/mol. The third kappa shape index (κ3) is 4.93. The quantitative estimate of drug-likeness (QED) is 0.513. The number of hydrogen-bond acceptors (Lipinski definition) is 8. The average molecular weight is 512 g/mol. The normalized spacial score (nSPS) is 23.2. The molecule has 0 aliphatic carbocycles. The number of nitrogens with zero attached hydrogens (tertiary/aromatic N) is 4. The lowest BCUT2D eigenvalue weighted by molar-refractivity contribution is -0.122. The van der Waals surface area contributed by atoms with Crippen LogP contribution in [-0.2, 0) is 4.79 Å². The Morgan fingerprint density at radius 1 is 1.11 bits per heavy atom. The first-order valence-corrected chi connectivity index (χ1v) is 12.9. The molecule has 4 aliphatic heterocycles. The highest BCUT2D eigenvalue weighted by atomic mass is 32.1. The van der Waals surface area contributed by atoms with Crippen LogP contribution in [0.5, 0.6) is 0 Å². The number of carbonyl (C=O) groups excluding carboxylic acids is 2. The molecule has 1 atom stereocenters. The van der Waals surface area contributed by atoms with E-state index < -0.39 is 0 Å². The fourth-order valence-corrected chi connectivity index (χ4v) is 6.20. The molecule has 0 radical (unpaired) electrons. The van der Waals surface area contributed by atoms with E-state index >= 15 is 0 Å². The molecule has 190 valence electrons. The maximum absolute atomic E-state index is 13.0. The minimum atomic E-state index is -0.250. The summed E-state index contributed by atoms with van der Waals surface area (Å²) in [4.78, 5) is 40.5. The molecule has 0 spiro atoms. The fourth-order valence-electron chi connectivity index (χ4n) is 5.39. The van der Waals surface area contributed by atoms with Crippen molar-refractivity contribution >= 4 is 45.6 Å². The number of hydrogen-bond donors (Lipinski definition) is 2. The Hall–Kier alpha value is -3.44. The van der Waals surface area contributed by atoms with Crippen molar-refractivity contribution in [3.8, 4) is 0 Å². The van der Waals surface area contributed by atoms with Crippen molar-refractivity contribution in [2.75, 3.05) is 50.7 Å². The van der Waals surface area contributed by atoms with Crippen molar-refractivity contribution in [1.82, 2.24) is 19.5 Å². The highest BCUT2D eigenvalue weighted by Gasteiger charge is 2.35. The van der Waals surface area contributed by atoms with Gasteiger partial charge in [-0.15, -0.1) is 0 Å². The van der Waals surface area contributed by atoms with Crippen molar-refractivity contribution in [2.45, 2.75) is 18.9 Å². The number of rotatable bonds is 4. The van der Waals surface area contributed by atoms with Gasteiger partial charge >= 0.3 is 0 Å². The van der Waals surface area contributed by atoms with Gasteiger partial charge in [-0.1, -0.05) is 0 Å². The second kappa shape index (κ2) is 10.7. The van der Waals surface area contributed by atoms with Gasteiger partial charge in [-0.3, -0.25) is 14.4 Å². The first-order valence-electron chi connectivity index (χ1n) is 12.1. The van der Waals surface area contributed by atoms with Gasteiger partial charge in [0, 0.05) is 49.8 Å². The van der Waals surface area contributed by atoms with Gasteiger partial charge in [0.1, 0.15) is 12.0 Å². The highest BCUT2D eigenvalue weighted by Crippen LogP contribution is 2.30. The summed E-state index contributed by atoms with van der Waals surface area (Å²) in [6.07, 6.45) is 5.37. The van der Waals surface area contributed by atoms with Crippen LogP contribution < -0.4 is 10.2 Å². The maximum Gasteiger partial charge on any atom is 0.290 e. The van der Waals surface area contributed by atoms with Gasteiger partial charge in [0.25, 0.3) is 18.3 Å². The number of benzene rings is 1. The summed E-state index contributed by atoms with van der Waals surface area (Å²) in [5, 5.41) is 11.1. The summed E-state index contributed by atoms with van der Waals surface area (Å²) in [7, 11) is 0. The van der Waals surface area contributed by atoms with E-state index in [1.54, 1.807) is 6.07 Å². The number of piperidine rings is 3. The predicted molar refractivity (Wildman–Crippen MR) is 136 cm³/mol. The van der Waals surface area contributed by atoms with E-state index in [2.05, 4.69) is 31.6 Å². The van der Waals surface area contributed by atoms with E-state index in [1.165, 1.54) is 36.9 Å². The number of nitrogens with one attached hydrogen (secondary N) is 1. The molecular formula is C25H29N5O5S. The average Bonchev–Trinajstić information content (AvgIpc) is 3.60. The molecule has 0 saturated carbocycles. The minimum Gasteiger partial charge on any atom is -0.483 e. The Bertz CT molecular complexity index is 1210. The Morgan fingerprint density at radius 2 is 1.86 bits per heavy atom. The number of piperazine rings is 1. The SMILES string of the molecule is O=C(N[C@@H]1CN2CCC1CC2)c1nsc2cc(N3CCN(C(=O)c4ccoc4)CC3)ccc12.O=CO. The van der Waals surface area contributed by atoms with Gasteiger partial charge in [-0.05, 0) is 67.6 Å². The Morgan fingerprint density at radius 3 is 2.50 bits per heavy atom. The molecule has 6 heterocycles. The summed E-state index contributed by atoms with van der Waals surface area (Å²) in [5.41, 5.74) is 2.23. The zero-order valence-corrected chi connectivity index (χ0v) is 20.7. The van der Waals surface area contributed by atoms with Crippen molar-refractivity contribution < 1.29 is 23.9 Å². The second-order valence-corrected chi connectivity index (χ2v) is 10.1. The molecule has 1 aromatic carbocycles. The first kappa shape index (κ1) is 24.3. The van der Waals surface area contributed by atoms with E-state index in [0.29, 0.717) is 30.3 Å². The van der Waals surface area contributed by atoms with Gasteiger partial charge in [0.2, 0.25) is 0 Å². The smallest absolute Gasteiger partial charge is 0.290 e. The van der Waals surface area contributed by atoms with Crippen LogP contribution >= 0.6 is 11.5 Å². The summed E-state index contributed by atoms with van der Waals surface area (Å²) in [5.74, 6) is 0.550. The molecule has 2 N–H and O–H groups in total. The Kier molecular flexibility index (Phi) is 7.19. The van der Waals surface area contributed by atoms with Gasteiger partial charge in [-0.25, -0.2) is 0 Å². The summed E-state index contributed by atoms with van der Waals surface area (Å²) in [6, 6.07) is 8.14. The monoisotopic (exact) mass is 511 g/mol. The van der Waals surface area contributed by atoms with Crippen molar-refractivity contribution in [3.05, 3.63) is 48.0 Å². The molecule has 4 fully saturated rings. The lowest BCUT2D eigenvalue weighted by Gasteiger charge is -2.44. The number of furan rings is 1. The maximum atomic E-state index is 13.0. The predicted octanol–water partition coefficient (Wildman–Crippen LogP) is 2.38. The zero-order chi connectivity index (χ0) is 25.1. The van der Waals surface area contributed by atoms with Crippen LogP contribution in [-0.4, -0.2) is 89.4 Å². The molecule has 7 rings (SSSR count). The topological polar surface area (TPSA) is 119 Å². The van der Waals surface area contributed by atoms with Gasteiger partial charge < -0.3 is 29.5 Å². The van der Waals surface area contributed by atoms with E-state index in [9.17, 15) is 9.59 Å². The van der Waals surface area contributed by atoms with Gasteiger partial charge in [-0.2, -0.15) is 4.37 Å². The number of carbonyl (C=O) groups is 3. The standard InChI is InChI=1S/C24H27N5O3S.CH2O2/c30-23(25-20-14-27-6-3-16(20)4-7-27)22-19-2-1-18(13-21(19)33-26-22)28-8-10-29(11-9-28)24(31)17-5-12-32-15-17;2-1-3/h1-2,5,12-13,15-16,20H,3-4,6-11,14H2,(H,25,30);1H,(H,2,3)/t20-;/m1./s1. The van der Waals surface area contributed by atoms with Crippen molar-refractivity contribution in [3.63, 3.8) is 0 Å². The van der Waals surface area contributed by atoms with Crippen LogP contribution in [0.15, 0.2) is 41.2 Å². The van der Waals surface area contributed by atoms with Gasteiger partial charge in [0.05, 0.1) is 16.5 Å². The minimum absolute atomic E-state index is 0.0138. The summed E-state index contributed by atoms with van der Waals surface area (Å²) in [6.45, 7) is 5.88. The molecule has 11 heteroatoms. The van der Waals surface area contributed by atoms with Crippen LogP contribution in [0.4, 0.5) is 5.69 Å². The van der Waals surface area contributed by atoms with Crippen molar-refractivity contribution in [1.29, 1.82) is 0 Å². The van der Waals surface area contributed by atoms with Crippen LogP contribution in [0, 0.1) is 5.92 Å². The molecule has 4 aliphatic rings. The summed E-state index contributed by atoms with van der Waals surface area (Å²) < 4.78 is 10.6. The van der Waals surface area contributed by atoms with Crippen LogP contribution in [0.25, 0.3) is 10.1 Å². The Labute approximate surface area is 212 Å². The number of fused-ring (bicyclic) bond motifs is 4. The third-order valence-electron chi connectivity index (χ3n) is 7.34. The fraction of sp³-hybridized carbons (Fsp3) is 0.440. The molecule has 2 bridgehead atoms. The van der Waals surface area contributed by atoms with Crippen LogP contribution in [0.3, 0.4) is 0 Å². The van der Waals surface area contributed by atoms with E-state index in [0.717, 1.165) is 48.5 Å². The largest absolute Gasteiger partial charge is 0.483 e. The molecule has 4 saturated heterocycles. The molecule has 2 aromatic heterocycles. The second-order valence-electron chi connectivity index (χ2n) is 9.33.